The Morgan fingerprint density at radius 3 is 2.72 bits per heavy atom. The van der Waals surface area contributed by atoms with Crippen LogP contribution in [-0.2, 0) is 6.54 Å². The van der Waals surface area contributed by atoms with E-state index in [0.717, 1.165) is 37.4 Å². The highest BCUT2D eigenvalue weighted by molar-refractivity contribution is 5.96. The number of anilines is 1. The maximum Gasteiger partial charge on any atom is 0.257 e. The predicted molar refractivity (Wildman–Crippen MR) is 115 cm³/mol. The molecule has 2 heterocycles. The van der Waals surface area contributed by atoms with Gasteiger partial charge in [0, 0.05) is 39.7 Å². The van der Waals surface area contributed by atoms with E-state index in [4.69, 9.17) is 9.72 Å². The predicted octanol–water partition coefficient (Wildman–Crippen LogP) is 2.68. The lowest BCUT2D eigenvalue weighted by Gasteiger charge is -2.25. The normalized spacial score (nSPS) is 16.3. The number of nitrogens with one attached hydrogen (secondary N) is 1. The third-order valence-electron chi connectivity index (χ3n) is 5.09. The van der Waals surface area contributed by atoms with Crippen molar-refractivity contribution in [2.45, 2.75) is 32.2 Å². The Kier molecular flexibility index (Phi) is 7.04. The number of ether oxygens (including phenoxy) is 1. The third-order valence-corrected chi connectivity index (χ3v) is 5.09. The molecule has 0 spiro atoms. The summed E-state index contributed by atoms with van der Waals surface area (Å²) in [5.41, 5.74) is 1.60. The number of benzene rings is 1. The van der Waals surface area contributed by atoms with Crippen molar-refractivity contribution in [1.29, 1.82) is 0 Å². The Morgan fingerprint density at radius 2 is 2.03 bits per heavy atom. The average molecular weight is 398 g/mol. The smallest absolute Gasteiger partial charge is 0.257 e. The molecule has 1 unspecified atom stereocenters. The van der Waals surface area contributed by atoms with E-state index in [2.05, 4.69) is 16.4 Å². The van der Waals surface area contributed by atoms with Crippen LogP contribution in [0.4, 0.5) is 5.82 Å². The molecular formula is C22H31N5O2. The monoisotopic (exact) mass is 397 g/mol. The molecule has 0 saturated carbocycles. The number of amides is 1. The quantitative estimate of drug-likeness (QED) is 0.775. The number of hydrogen-bond acceptors (Lipinski definition) is 6. The first-order valence-corrected chi connectivity index (χ1v) is 10.2. The van der Waals surface area contributed by atoms with Gasteiger partial charge in [0.15, 0.2) is 0 Å². The summed E-state index contributed by atoms with van der Waals surface area (Å²) >= 11 is 0. The second kappa shape index (κ2) is 9.69. The molecular weight excluding hydrogens is 366 g/mol. The van der Waals surface area contributed by atoms with Gasteiger partial charge in [0.2, 0.25) is 0 Å². The van der Waals surface area contributed by atoms with E-state index < -0.39 is 0 Å². The molecule has 2 aromatic rings. The maximum absolute atomic E-state index is 13.0. The topological polar surface area (TPSA) is 70.6 Å². The van der Waals surface area contributed by atoms with Crippen molar-refractivity contribution in [2.24, 2.45) is 0 Å². The third kappa shape index (κ3) is 5.23. The zero-order chi connectivity index (χ0) is 20.8. The van der Waals surface area contributed by atoms with E-state index in [9.17, 15) is 4.79 Å². The summed E-state index contributed by atoms with van der Waals surface area (Å²) < 4.78 is 5.62. The summed E-state index contributed by atoms with van der Waals surface area (Å²) in [6, 6.07) is 9.40. The zero-order valence-electron chi connectivity index (χ0n) is 17.8. The van der Waals surface area contributed by atoms with Gasteiger partial charge in [0.25, 0.3) is 5.91 Å². The van der Waals surface area contributed by atoms with Gasteiger partial charge >= 0.3 is 0 Å². The molecule has 1 atom stereocenters. The van der Waals surface area contributed by atoms with E-state index in [1.54, 1.807) is 18.0 Å². The van der Waals surface area contributed by atoms with E-state index in [1.807, 2.05) is 44.1 Å². The summed E-state index contributed by atoms with van der Waals surface area (Å²) in [7, 11) is 5.73. The molecule has 3 rings (SSSR count). The van der Waals surface area contributed by atoms with Crippen molar-refractivity contribution in [2.75, 3.05) is 45.7 Å². The molecule has 1 amide bonds. The number of aromatic nitrogens is 2. The second-order valence-electron chi connectivity index (χ2n) is 7.60. The van der Waals surface area contributed by atoms with Crippen LogP contribution >= 0.6 is 0 Å². The van der Waals surface area contributed by atoms with Crippen molar-refractivity contribution < 1.29 is 9.53 Å². The Bertz CT molecular complexity index is 834. The van der Waals surface area contributed by atoms with Crippen LogP contribution in [0.15, 0.2) is 30.3 Å². The lowest BCUT2D eigenvalue weighted by atomic mass is 9.96. The number of nitrogens with zero attached hydrogens (tertiary/aromatic N) is 4. The van der Waals surface area contributed by atoms with Gasteiger partial charge in [-0.25, -0.2) is 9.97 Å². The second-order valence-corrected chi connectivity index (χ2v) is 7.60. The largest absolute Gasteiger partial charge is 0.493 e. The van der Waals surface area contributed by atoms with E-state index >= 15 is 0 Å². The minimum atomic E-state index is -0.103. The number of para-hydroxylation sites is 1. The number of piperidine rings is 1. The lowest BCUT2D eigenvalue weighted by Crippen LogP contribution is -2.30. The Morgan fingerprint density at radius 1 is 1.24 bits per heavy atom. The van der Waals surface area contributed by atoms with Gasteiger partial charge in [0.1, 0.15) is 17.4 Å². The van der Waals surface area contributed by atoms with E-state index in [1.165, 1.54) is 0 Å². The highest BCUT2D eigenvalue weighted by Crippen LogP contribution is 2.25. The molecule has 1 aromatic carbocycles. The molecule has 1 aliphatic heterocycles. The van der Waals surface area contributed by atoms with Crippen molar-refractivity contribution in [3.8, 4) is 5.75 Å². The van der Waals surface area contributed by atoms with Crippen LogP contribution in [0, 0.1) is 0 Å². The van der Waals surface area contributed by atoms with Crippen LogP contribution in [0.1, 0.15) is 47.6 Å². The van der Waals surface area contributed by atoms with E-state index in [-0.39, 0.29) is 5.91 Å². The molecule has 1 N–H and O–H groups in total. The maximum atomic E-state index is 13.0. The van der Waals surface area contributed by atoms with Crippen molar-refractivity contribution in [1.82, 2.24) is 20.2 Å². The summed E-state index contributed by atoms with van der Waals surface area (Å²) in [6.07, 6.45) is 2.26. The van der Waals surface area contributed by atoms with E-state index in [0.29, 0.717) is 36.2 Å². The van der Waals surface area contributed by atoms with Crippen LogP contribution in [-0.4, -0.2) is 61.6 Å². The summed E-state index contributed by atoms with van der Waals surface area (Å²) in [5, 5.41) is 3.45. The van der Waals surface area contributed by atoms with Gasteiger partial charge in [-0.3, -0.25) is 4.79 Å². The van der Waals surface area contributed by atoms with Gasteiger partial charge in [-0.15, -0.1) is 0 Å². The number of carbonyl (C=O) groups excluding carboxylic acids is 1. The first kappa shape index (κ1) is 21.0. The van der Waals surface area contributed by atoms with Gasteiger partial charge in [-0.2, -0.15) is 0 Å². The minimum absolute atomic E-state index is 0.103. The Balaban J connectivity index is 1.83. The Hall–Kier alpha value is -2.67. The molecule has 156 valence electrons. The fraction of sp³-hybridized carbons (Fsp3) is 0.500. The molecule has 1 saturated heterocycles. The van der Waals surface area contributed by atoms with Crippen molar-refractivity contribution >= 4 is 11.7 Å². The minimum Gasteiger partial charge on any atom is -0.493 e. The van der Waals surface area contributed by atoms with Crippen LogP contribution in [0.2, 0.25) is 0 Å². The summed E-state index contributed by atoms with van der Waals surface area (Å²) in [5.74, 6) is 2.40. The molecule has 0 aliphatic carbocycles. The number of carbonyl (C=O) groups is 1. The lowest BCUT2D eigenvalue weighted by molar-refractivity contribution is 0.0777. The first-order chi connectivity index (χ1) is 14.0. The number of rotatable bonds is 7. The van der Waals surface area contributed by atoms with Gasteiger partial charge in [0.05, 0.1) is 24.4 Å². The SMILES string of the molecule is CCOc1ccccc1C(=O)N(C)Cc1nc(C2CCCNC2)cc(N(C)C)n1. The van der Waals surface area contributed by atoms with Gasteiger partial charge in [-0.05, 0) is 38.4 Å². The first-order valence-electron chi connectivity index (χ1n) is 10.2. The summed E-state index contributed by atoms with van der Waals surface area (Å²) in [4.78, 5) is 26.1. The fourth-order valence-corrected chi connectivity index (χ4v) is 3.53. The van der Waals surface area contributed by atoms with Gasteiger partial charge in [-0.1, -0.05) is 12.1 Å². The van der Waals surface area contributed by atoms with Crippen molar-refractivity contribution in [3.63, 3.8) is 0 Å². The number of hydrogen-bond donors (Lipinski definition) is 1. The molecule has 1 aliphatic rings. The molecule has 7 heteroatoms. The molecule has 29 heavy (non-hydrogen) atoms. The highest BCUT2D eigenvalue weighted by Gasteiger charge is 2.21. The van der Waals surface area contributed by atoms with Gasteiger partial charge < -0.3 is 19.9 Å². The molecule has 1 aromatic heterocycles. The molecule has 1 fully saturated rings. The van der Waals surface area contributed by atoms with Crippen LogP contribution < -0.4 is 15.0 Å². The zero-order valence-corrected chi connectivity index (χ0v) is 17.8. The van der Waals surface area contributed by atoms with Crippen molar-refractivity contribution in [3.05, 3.63) is 47.4 Å². The molecule has 7 nitrogen and oxygen atoms in total. The molecule has 0 radical (unpaired) electrons. The Labute approximate surface area is 173 Å². The molecule has 0 bridgehead atoms. The average Bonchev–Trinajstić information content (AvgIpc) is 2.74. The van der Waals surface area contributed by atoms with Crippen LogP contribution in [0.25, 0.3) is 0 Å². The van der Waals surface area contributed by atoms with Crippen LogP contribution in [0.3, 0.4) is 0 Å². The highest BCUT2D eigenvalue weighted by atomic mass is 16.5. The van der Waals surface area contributed by atoms with Crippen LogP contribution in [0.5, 0.6) is 5.75 Å². The summed E-state index contributed by atoms with van der Waals surface area (Å²) in [6.45, 7) is 4.76. The fourth-order valence-electron chi connectivity index (χ4n) is 3.53. The standard InChI is InChI=1S/C22H31N5O2/c1-5-29-19-11-7-6-10-17(19)22(28)27(4)15-20-24-18(13-21(25-20)26(2)3)16-9-8-12-23-14-16/h6-7,10-11,13,16,23H,5,8-9,12,14-15H2,1-4H3.